The van der Waals surface area contributed by atoms with Crippen molar-refractivity contribution in [1.29, 1.82) is 0 Å². The predicted molar refractivity (Wildman–Crippen MR) is 81.0 cm³/mol. The molecular weight excluding hydrogens is 270 g/mol. The monoisotopic (exact) mass is 289 g/mol. The maximum Gasteiger partial charge on any atom is 0.147 e. The molecule has 1 N–H and O–H groups in total. The molecule has 1 aliphatic rings. The second-order valence-electron chi connectivity index (χ2n) is 5.01. The number of hydrogen-bond acceptors (Lipinski definition) is 5. The molecule has 0 bridgehead atoms. The van der Waals surface area contributed by atoms with E-state index in [2.05, 4.69) is 33.7 Å². The Kier molecular flexibility index (Phi) is 4.40. The van der Waals surface area contributed by atoms with Crippen molar-refractivity contribution in [2.75, 3.05) is 20.3 Å². The number of nitrogens with one attached hydrogen (secondary N) is 1. The first-order chi connectivity index (χ1) is 9.86. The van der Waals surface area contributed by atoms with Gasteiger partial charge in [-0.1, -0.05) is 23.5 Å². The van der Waals surface area contributed by atoms with Gasteiger partial charge in [0.15, 0.2) is 0 Å². The molecule has 5 heteroatoms. The van der Waals surface area contributed by atoms with Gasteiger partial charge in [0.05, 0.1) is 6.61 Å². The van der Waals surface area contributed by atoms with Crippen LogP contribution in [-0.4, -0.2) is 30.5 Å². The summed E-state index contributed by atoms with van der Waals surface area (Å²) in [6, 6.07) is 6.70. The Morgan fingerprint density at radius 2 is 2.15 bits per heavy atom. The number of hydrogen-bond donors (Lipinski definition) is 1. The largest absolute Gasteiger partial charge is 0.383 e. The second kappa shape index (κ2) is 6.43. The molecule has 0 spiro atoms. The van der Waals surface area contributed by atoms with Crippen LogP contribution in [0.15, 0.2) is 18.2 Å². The van der Waals surface area contributed by atoms with Crippen molar-refractivity contribution in [1.82, 2.24) is 15.5 Å². The quantitative estimate of drug-likeness (QED) is 0.830. The Balaban J connectivity index is 1.67. The third-order valence-electron chi connectivity index (χ3n) is 3.57. The van der Waals surface area contributed by atoms with Crippen LogP contribution in [0, 0.1) is 0 Å². The number of aromatic nitrogens is 2. The summed E-state index contributed by atoms with van der Waals surface area (Å²) in [5, 5.41) is 13.9. The molecule has 3 rings (SSSR count). The molecule has 0 amide bonds. The van der Waals surface area contributed by atoms with Crippen LogP contribution in [-0.2, 0) is 24.1 Å². The van der Waals surface area contributed by atoms with E-state index in [1.165, 1.54) is 36.0 Å². The summed E-state index contributed by atoms with van der Waals surface area (Å²) in [5.74, 6) is 0. The van der Waals surface area contributed by atoms with Gasteiger partial charge in [-0.05, 0) is 36.5 Å². The molecule has 1 aliphatic carbocycles. The molecule has 1 heterocycles. The predicted octanol–water partition coefficient (Wildman–Crippen LogP) is 2.43. The van der Waals surface area contributed by atoms with Crippen molar-refractivity contribution in [3.05, 3.63) is 34.3 Å². The molecule has 106 valence electrons. The smallest absolute Gasteiger partial charge is 0.147 e. The Hall–Kier alpha value is -1.30. The Bertz CT molecular complexity index is 582. The molecular formula is C15H19N3OS. The summed E-state index contributed by atoms with van der Waals surface area (Å²) in [5.41, 5.74) is 4.18. The molecule has 0 fully saturated rings. The Morgan fingerprint density at radius 3 is 3.05 bits per heavy atom. The van der Waals surface area contributed by atoms with Crippen molar-refractivity contribution in [3.63, 3.8) is 0 Å². The van der Waals surface area contributed by atoms with Gasteiger partial charge < -0.3 is 10.1 Å². The van der Waals surface area contributed by atoms with Crippen LogP contribution in [0.25, 0.3) is 10.6 Å². The molecule has 0 radical (unpaired) electrons. The minimum Gasteiger partial charge on any atom is -0.383 e. The normalized spacial score (nSPS) is 13.7. The van der Waals surface area contributed by atoms with Gasteiger partial charge in [-0.2, -0.15) is 0 Å². The fourth-order valence-electron chi connectivity index (χ4n) is 2.52. The van der Waals surface area contributed by atoms with Gasteiger partial charge >= 0.3 is 0 Å². The van der Waals surface area contributed by atoms with E-state index >= 15 is 0 Å². The van der Waals surface area contributed by atoms with Crippen LogP contribution in [0.4, 0.5) is 0 Å². The molecule has 0 atom stereocenters. The molecule has 2 aromatic rings. The summed E-state index contributed by atoms with van der Waals surface area (Å²) < 4.78 is 5.00. The molecule has 0 unspecified atom stereocenters. The molecule has 0 saturated carbocycles. The van der Waals surface area contributed by atoms with Crippen molar-refractivity contribution >= 4 is 11.3 Å². The number of rotatable bonds is 6. The fourth-order valence-corrected chi connectivity index (χ4v) is 3.32. The first kappa shape index (κ1) is 13.7. The van der Waals surface area contributed by atoms with Crippen molar-refractivity contribution in [3.8, 4) is 10.6 Å². The van der Waals surface area contributed by atoms with Crippen LogP contribution >= 0.6 is 11.3 Å². The third-order valence-corrected chi connectivity index (χ3v) is 4.54. The van der Waals surface area contributed by atoms with Gasteiger partial charge in [0, 0.05) is 25.8 Å². The lowest BCUT2D eigenvalue weighted by Crippen LogP contribution is -2.18. The lowest BCUT2D eigenvalue weighted by molar-refractivity contribution is 0.199. The van der Waals surface area contributed by atoms with Gasteiger partial charge in [0.2, 0.25) is 0 Å². The summed E-state index contributed by atoms with van der Waals surface area (Å²) in [4.78, 5) is 0. The summed E-state index contributed by atoms with van der Waals surface area (Å²) in [6.07, 6.45) is 3.71. The molecule has 0 aliphatic heterocycles. The standard InChI is InChI=1S/C15H19N3OS/c1-19-8-7-16-10-14-17-18-15(20-14)13-6-5-11-3-2-4-12(11)9-13/h5-6,9,16H,2-4,7-8,10H2,1H3. The van der Waals surface area contributed by atoms with Crippen molar-refractivity contribution < 1.29 is 4.74 Å². The lowest BCUT2D eigenvalue weighted by atomic mass is 10.1. The number of nitrogens with zero attached hydrogens (tertiary/aromatic N) is 2. The highest BCUT2D eigenvalue weighted by Crippen LogP contribution is 2.29. The topological polar surface area (TPSA) is 47.0 Å². The van der Waals surface area contributed by atoms with Gasteiger partial charge in [0.1, 0.15) is 10.0 Å². The van der Waals surface area contributed by atoms with E-state index in [0.29, 0.717) is 0 Å². The molecule has 20 heavy (non-hydrogen) atoms. The molecule has 4 nitrogen and oxygen atoms in total. The first-order valence-electron chi connectivity index (χ1n) is 7.01. The SMILES string of the molecule is COCCNCc1nnc(-c2ccc3c(c2)CCC3)s1. The average molecular weight is 289 g/mol. The van der Waals surface area contributed by atoms with Crippen LogP contribution in [0.1, 0.15) is 22.6 Å². The third kappa shape index (κ3) is 3.06. The zero-order valence-electron chi connectivity index (χ0n) is 11.7. The van der Waals surface area contributed by atoms with E-state index < -0.39 is 0 Å². The number of aryl methyl sites for hydroxylation is 2. The van der Waals surface area contributed by atoms with Crippen molar-refractivity contribution in [2.45, 2.75) is 25.8 Å². The average Bonchev–Trinajstić information content (AvgIpc) is 3.11. The maximum atomic E-state index is 5.00. The maximum absolute atomic E-state index is 5.00. The van der Waals surface area contributed by atoms with E-state index in [1.54, 1.807) is 18.4 Å². The lowest BCUT2D eigenvalue weighted by Gasteiger charge is -2.01. The zero-order chi connectivity index (χ0) is 13.8. The van der Waals surface area contributed by atoms with Crippen LogP contribution in [0.3, 0.4) is 0 Å². The minimum atomic E-state index is 0.719. The van der Waals surface area contributed by atoms with E-state index in [9.17, 15) is 0 Å². The van der Waals surface area contributed by atoms with Crippen molar-refractivity contribution in [2.24, 2.45) is 0 Å². The van der Waals surface area contributed by atoms with Gasteiger partial charge in [-0.25, -0.2) is 0 Å². The van der Waals surface area contributed by atoms with Crippen LogP contribution < -0.4 is 5.32 Å². The molecule has 0 saturated heterocycles. The van der Waals surface area contributed by atoms with Crippen LogP contribution in [0.2, 0.25) is 0 Å². The summed E-state index contributed by atoms with van der Waals surface area (Å²) in [7, 11) is 1.71. The van der Waals surface area contributed by atoms with E-state index in [0.717, 1.165) is 29.7 Å². The van der Waals surface area contributed by atoms with Crippen LogP contribution in [0.5, 0.6) is 0 Å². The first-order valence-corrected chi connectivity index (χ1v) is 7.82. The number of ether oxygens (including phenoxy) is 1. The number of fused-ring (bicyclic) bond motifs is 1. The van der Waals surface area contributed by atoms with Gasteiger partial charge in [0.25, 0.3) is 0 Å². The highest BCUT2D eigenvalue weighted by atomic mass is 32.1. The second-order valence-corrected chi connectivity index (χ2v) is 6.07. The van der Waals surface area contributed by atoms with Gasteiger partial charge in [-0.3, -0.25) is 0 Å². The molecule has 1 aromatic heterocycles. The van der Waals surface area contributed by atoms with E-state index in [1.807, 2.05) is 0 Å². The Labute approximate surface area is 123 Å². The number of methoxy groups -OCH3 is 1. The van der Waals surface area contributed by atoms with E-state index in [-0.39, 0.29) is 0 Å². The summed E-state index contributed by atoms with van der Waals surface area (Å²) >= 11 is 1.66. The number of benzene rings is 1. The summed E-state index contributed by atoms with van der Waals surface area (Å²) in [6.45, 7) is 2.31. The highest BCUT2D eigenvalue weighted by molar-refractivity contribution is 7.14. The Morgan fingerprint density at radius 1 is 1.25 bits per heavy atom. The van der Waals surface area contributed by atoms with Gasteiger partial charge in [-0.15, -0.1) is 10.2 Å². The molecule has 1 aromatic carbocycles. The van der Waals surface area contributed by atoms with E-state index in [4.69, 9.17) is 4.74 Å². The zero-order valence-corrected chi connectivity index (χ0v) is 12.5. The highest BCUT2D eigenvalue weighted by Gasteiger charge is 2.13. The minimum absolute atomic E-state index is 0.719. The fraction of sp³-hybridized carbons (Fsp3) is 0.467.